The highest BCUT2D eigenvalue weighted by Crippen LogP contribution is 2.39. The molecule has 0 atom stereocenters. The fraction of sp³-hybridized carbons (Fsp3) is 0.222. The summed E-state index contributed by atoms with van der Waals surface area (Å²) in [6, 6.07) is 10.8. The number of nitrogens with two attached hydrogens (primary N) is 1. The molecule has 0 aliphatic heterocycles. The quantitative estimate of drug-likeness (QED) is 0.715. The van der Waals surface area contributed by atoms with Crippen LogP contribution < -0.4 is 20.5 Å². The second kappa shape index (κ2) is 7.23. The maximum absolute atomic E-state index is 12.0. The van der Waals surface area contributed by atoms with Crippen molar-refractivity contribution >= 4 is 22.7 Å². The Hall–Kier alpha value is -3.06. The van der Waals surface area contributed by atoms with Crippen molar-refractivity contribution in [1.82, 2.24) is 4.98 Å². The van der Waals surface area contributed by atoms with Crippen molar-refractivity contribution in [2.75, 3.05) is 26.1 Å². The standard InChI is InChI=1S/C18H19N3O4/c1-23-15-9-11(18-21-12-5-3-4-6-14(12)25-18)13(10-16(15)24-2)20-17(22)7-8-19/h3-6,9-10H,7-8,19H2,1-2H3,(H,20,22). The lowest BCUT2D eigenvalue weighted by Gasteiger charge is -2.14. The van der Waals surface area contributed by atoms with Gasteiger partial charge in [0.2, 0.25) is 11.8 Å². The Morgan fingerprint density at radius 2 is 1.92 bits per heavy atom. The Kier molecular flexibility index (Phi) is 4.85. The molecule has 0 saturated carbocycles. The van der Waals surface area contributed by atoms with Crippen molar-refractivity contribution < 1.29 is 18.7 Å². The zero-order valence-corrected chi connectivity index (χ0v) is 14.0. The average Bonchev–Trinajstić information content (AvgIpc) is 3.05. The van der Waals surface area contributed by atoms with Crippen LogP contribution in [-0.4, -0.2) is 31.7 Å². The number of carbonyl (C=O) groups is 1. The van der Waals surface area contributed by atoms with Gasteiger partial charge in [0.15, 0.2) is 17.1 Å². The van der Waals surface area contributed by atoms with E-state index in [9.17, 15) is 4.79 Å². The zero-order valence-electron chi connectivity index (χ0n) is 14.0. The molecule has 7 nitrogen and oxygen atoms in total. The number of anilines is 1. The van der Waals surface area contributed by atoms with E-state index in [1.54, 1.807) is 19.2 Å². The summed E-state index contributed by atoms with van der Waals surface area (Å²) in [5.74, 6) is 1.18. The first-order valence-electron chi connectivity index (χ1n) is 7.78. The van der Waals surface area contributed by atoms with Crippen LogP contribution in [0, 0.1) is 0 Å². The number of ether oxygens (including phenoxy) is 2. The molecular formula is C18H19N3O4. The van der Waals surface area contributed by atoms with Gasteiger partial charge in [-0.2, -0.15) is 0 Å². The predicted molar refractivity (Wildman–Crippen MR) is 94.9 cm³/mol. The van der Waals surface area contributed by atoms with Gasteiger partial charge in [0.05, 0.1) is 25.5 Å². The summed E-state index contributed by atoms with van der Waals surface area (Å²) in [7, 11) is 3.07. The number of hydrogen-bond acceptors (Lipinski definition) is 6. The van der Waals surface area contributed by atoms with E-state index in [2.05, 4.69) is 10.3 Å². The van der Waals surface area contributed by atoms with Crippen LogP contribution in [0.2, 0.25) is 0 Å². The summed E-state index contributed by atoms with van der Waals surface area (Å²) in [6.07, 6.45) is 0.210. The van der Waals surface area contributed by atoms with Gasteiger partial charge in [0.25, 0.3) is 0 Å². The van der Waals surface area contributed by atoms with E-state index in [0.717, 1.165) is 5.52 Å². The van der Waals surface area contributed by atoms with Crippen molar-refractivity contribution in [1.29, 1.82) is 0 Å². The second-order valence-corrected chi connectivity index (χ2v) is 5.33. The molecule has 0 unspecified atom stereocenters. The second-order valence-electron chi connectivity index (χ2n) is 5.33. The van der Waals surface area contributed by atoms with Crippen LogP contribution in [0.25, 0.3) is 22.6 Å². The lowest BCUT2D eigenvalue weighted by atomic mass is 10.1. The number of hydrogen-bond donors (Lipinski definition) is 2. The average molecular weight is 341 g/mol. The van der Waals surface area contributed by atoms with E-state index in [0.29, 0.717) is 34.2 Å². The van der Waals surface area contributed by atoms with E-state index in [1.165, 1.54) is 7.11 Å². The predicted octanol–water partition coefficient (Wildman–Crippen LogP) is 2.80. The van der Waals surface area contributed by atoms with Crippen LogP contribution in [0.5, 0.6) is 11.5 Å². The van der Waals surface area contributed by atoms with Crippen LogP contribution in [0.4, 0.5) is 5.69 Å². The minimum atomic E-state index is -0.202. The van der Waals surface area contributed by atoms with E-state index >= 15 is 0 Å². The Labute approximate surface area is 144 Å². The lowest BCUT2D eigenvalue weighted by Crippen LogP contribution is -2.16. The van der Waals surface area contributed by atoms with E-state index in [1.807, 2.05) is 24.3 Å². The van der Waals surface area contributed by atoms with Gasteiger partial charge >= 0.3 is 0 Å². The first kappa shape index (κ1) is 16.8. The highest BCUT2D eigenvalue weighted by molar-refractivity contribution is 5.96. The van der Waals surface area contributed by atoms with Crippen LogP contribution in [0.1, 0.15) is 6.42 Å². The Balaban J connectivity index is 2.12. The molecule has 2 aromatic carbocycles. The minimum Gasteiger partial charge on any atom is -0.493 e. The van der Waals surface area contributed by atoms with E-state index in [-0.39, 0.29) is 18.9 Å². The third kappa shape index (κ3) is 3.41. The van der Waals surface area contributed by atoms with Gasteiger partial charge in [-0.25, -0.2) is 4.98 Å². The normalized spacial score (nSPS) is 10.7. The molecule has 0 aliphatic carbocycles. The fourth-order valence-corrected chi connectivity index (χ4v) is 2.49. The van der Waals surface area contributed by atoms with Crippen LogP contribution in [-0.2, 0) is 4.79 Å². The van der Waals surface area contributed by atoms with Crippen molar-refractivity contribution in [3.05, 3.63) is 36.4 Å². The summed E-state index contributed by atoms with van der Waals surface area (Å²) in [6.45, 7) is 0.261. The topological polar surface area (TPSA) is 99.6 Å². The SMILES string of the molecule is COc1cc(NC(=O)CCN)c(-c2nc3ccccc3o2)cc1OC. The Morgan fingerprint density at radius 3 is 2.60 bits per heavy atom. The number of aromatic nitrogens is 1. The number of amides is 1. The van der Waals surface area contributed by atoms with Crippen molar-refractivity contribution in [2.24, 2.45) is 5.73 Å². The largest absolute Gasteiger partial charge is 0.493 e. The first-order valence-corrected chi connectivity index (χ1v) is 7.78. The molecule has 7 heteroatoms. The smallest absolute Gasteiger partial charge is 0.229 e. The maximum atomic E-state index is 12.0. The van der Waals surface area contributed by atoms with Gasteiger partial charge in [0.1, 0.15) is 5.52 Å². The molecule has 130 valence electrons. The number of para-hydroxylation sites is 2. The summed E-state index contributed by atoms with van der Waals surface area (Å²) in [5, 5.41) is 2.83. The molecule has 0 radical (unpaired) electrons. The molecule has 0 fully saturated rings. The van der Waals surface area contributed by atoms with Crippen LogP contribution in [0.3, 0.4) is 0 Å². The van der Waals surface area contributed by atoms with Crippen molar-refractivity contribution in [3.8, 4) is 23.0 Å². The molecule has 0 aliphatic rings. The summed E-state index contributed by atoms with van der Waals surface area (Å²) < 4.78 is 16.5. The third-order valence-corrected chi connectivity index (χ3v) is 3.69. The van der Waals surface area contributed by atoms with Gasteiger partial charge in [-0.05, 0) is 18.2 Å². The molecule has 3 rings (SSSR count). The molecule has 0 saturated heterocycles. The molecule has 0 spiro atoms. The fourth-order valence-electron chi connectivity index (χ4n) is 2.49. The molecule has 3 aromatic rings. The third-order valence-electron chi connectivity index (χ3n) is 3.69. The molecule has 1 heterocycles. The van der Waals surface area contributed by atoms with Gasteiger partial charge in [0, 0.05) is 19.0 Å². The number of methoxy groups -OCH3 is 2. The number of nitrogens with zero attached hydrogens (tertiary/aromatic N) is 1. The Morgan fingerprint density at radius 1 is 1.20 bits per heavy atom. The monoisotopic (exact) mass is 341 g/mol. The number of rotatable bonds is 6. The van der Waals surface area contributed by atoms with Crippen LogP contribution in [0.15, 0.2) is 40.8 Å². The van der Waals surface area contributed by atoms with E-state index < -0.39 is 0 Å². The Bertz CT molecular complexity index is 871. The number of benzene rings is 2. The molecule has 1 aromatic heterocycles. The van der Waals surface area contributed by atoms with Gasteiger partial charge < -0.3 is 24.9 Å². The van der Waals surface area contributed by atoms with Crippen molar-refractivity contribution in [2.45, 2.75) is 6.42 Å². The number of fused-ring (bicyclic) bond motifs is 1. The lowest BCUT2D eigenvalue weighted by molar-refractivity contribution is -0.116. The van der Waals surface area contributed by atoms with Gasteiger partial charge in [-0.3, -0.25) is 4.79 Å². The van der Waals surface area contributed by atoms with E-state index in [4.69, 9.17) is 19.6 Å². The molecular weight excluding hydrogens is 322 g/mol. The summed E-state index contributed by atoms with van der Waals surface area (Å²) in [4.78, 5) is 16.5. The molecule has 3 N–H and O–H groups in total. The summed E-state index contributed by atoms with van der Waals surface area (Å²) >= 11 is 0. The highest BCUT2D eigenvalue weighted by Gasteiger charge is 2.18. The maximum Gasteiger partial charge on any atom is 0.229 e. The zero-order chi connectivity index (χ0) is 17.8. The molecule has 25 heavy (non-hydrogen) atoms. The highest BCUT2D eigenvalue weighted by atomic mass is 16.5. The van der Waals surface area contributed by atoms with Gasteiger partial charge in [-0.15, -0.1) is 0 Å². The summed E-state index contributed by atoms with van der Waals surface area (Å²) in [5.41, 5.74) is 7.95. The molecule has 1 amide bonds. The first-order chi connectivity index (χ1) is 12.2. The number of carbonyl (C=O) groups excluding carboxylic acids is 1. The minimum absolute atomic E-state index is 0.202. The molecule has 0 bridgehead atoms. The van der Waals surface area contributed by atoms with Gasteiger partial charge in [-0.1, -0.05) is 12.1 Å². The number of nitrogens with one attached hydrogen (secondary N) is 1. The van der Waals surface area contributed by atoms with Crippen LogP contribution >= 0.6 is 0 Å². The number of oxazole rings is 1. The van der Waals surface area contributed by atoms with Crippen molar-refractivity contribution in [3.63, 3.8) is 0 Å².